The quantitative estimate of drug-likeness (QED) is 0.628. The van der Waals surface area contributed by atoms with Gasteiger partial charge in [-0.3, -0.25) is 0 Å². The summed E-state index contributed by atoms with van der Waals surface area (Å²) in [5.74, 6) is 0.913. The fourth-order valence-electron chi connectivity index (χ4n) is 0.842. The van der Waals surface area contributed by atoms with E-state index in [-0.39, 0.29) is 0 Å². The molecule has 1 heteroatoms. The molecule has 1 radical (unpaired) electrons. The van der Waals surface area contributed by atoms with Gasteiger partial charge in [0.15, 0.2) is 0 Å². The van der Waals surface area contributed by atoms with Crippen LogP contribution in [0.5, 0.6) is 5.75 Å². The van der Waals surface area contributed by atoms with Crippen molar-refractivity contribution in [1.82, 2.24) is 0 Å². The summed E-state index contributed by atoms with van der Waals surface area (Å²) in [6, 6.07) is 8.03. The SMILES string of the molecule is C[C](C)Oc1ccc(C)cc1. The maximum absolute atomic E-state index is 5.39. The summed E-state index contributed by atoms with van der Waals surface area (Å²) >= 11 is 0. The van der Waals surface area contributed by atoms with E-state index >= 15 is 0 Å². The van der Waals surface area contributed by atoms with Gasteiger partial charge in [0, 0.05) is 0 Å². The zero-order valence-corrected chi connectivity index (χ0v) is 7.22. The molecule has 0 heterocycles. The van der Waals surface area contributed by atoms with Crippen LogP contribution in [-0.2, 0) is 0 Å². The highest BCUT2D eigenvalue weighted by atomic mass is 16.5. The highest BCUT2D eigenvalue weighted by Gasteiger charge is 1.96. The highest BCUT2D eigenvalue weighted by Crippen LogP contribution is 2.14. The van der Waals surface area contributed by atoms with E-state index in [1.54, 1.807) is 0 Å². The van der Waals surface area contributed by atoms with Gasteiger partial charge in [-0.15, -0.1) is 0 Å². The molecule has 0 atom stereocenters. The Morgan fingerprint density at radius 1 is 1.09 bits per heavy atom. The van der Waals surface area contributed by atoms with Crippen LogP contribution in [0.2, 0.25) is 0 Å². The lowest BCUT2D eigenvalue weighted by molar-refractivity contribution is 0.345. The largest absolute Gasteiger partial charge is 0.484 e. The van der Waals surface area contributed by atoms with Crippen molar-refractivity contribution in [3.8, 4) is 5.75 Å². The van der Waals surface area contributed by atoms with E-state index in [1.165, 1.54) is 5.56 Å². The minimum Gasteiger partial charge on any atom is -0.484 e. The minimum absolute atomic E-state index is 0.913. The van der Waals surface area contributed by atoms with Crippen molar-refractivity contribution in [1.29, 1.82) is 0 Å². The van der Waals surface area contributed by atoms with Crippen molar-refractivity contribution < 1.29 is 4.74 Å². The lowest BCUT2D eigenvalue weighted by Crippen LogP contribution is -1.95. The van der Waals surface area contributed by atoms with Crippen molar-refractivity contribution in [3.05, 3.63) is 35.9 Å². The van der Waals surface area contributed by atoms with E-state index in [1.807, 2.05) is 38.1 Å². The van der Waals surface area contributed by atoms with Gasteiger partial charge in [-0.25, -0.2) is 0 Å². The Balaban J connectivity index is 2.66. The molecule has 0 bridgehead atoms. The molecule has 0 unspecified atom stereocenters. The molecule has 0 fully saturated rings. The van der Waals surface area contributed by atoms with Crippen LogP contribution in [0.3, 0.4) is 0 Å². The molecule has 0 aliphatic heterocycles. The summed E-state index contributed by atoms with van der Waals surface area (Å²) in [7, 11) is 0. The third kappa shape index (κ3) is 2.62. The van der Waals surface area contributed by atoms with Crippen molar-refractivity contribution in [2.75, 3.05) is 0 Å². The van der Waals surface area contributed by atoms with E-state index in [0.29, 0.717) is 0 Å². The van der Waals surface area contributed by atoms with E-state index in [2.05, 4.69) is 6.92 Å². The highest BCUT2D eigenvalue weighted by molar-refractivity contribution is 5.26. The number of ether oxygens (including phenoxy) is 1. The summed E-state index contributed by atoms with van der Waals surface area (Å²) < 4.78 is 5.39. The first-order chi connectivity index (χ1) is 5.18. The third-order valence-corrected chi connectivity index (χ3v) is 1.34. The molecule has 11 heavy (non-hydrogen) atoms. The lowest BCUT2D eigenvalue weighted by Gasteiger charge is -2.07. The summed E-state index contributed by atoms with van der Waals surface area (Å²) in [4.78, 5) is 0. The lowest BCUT2D eigenvalue weighted by atomic mass is 10.2. The molecule has 59 valence electrons. The van der Waals surface area contributed by atoms with E-state index in [9.17, 15) is 0 Å². The van der Waals surface area contributed by atoms with Crippen molar-refractivity contribution in [3.63, 3.8) is 0 Å². The molecule has 1 rings (SSSR count). The zero-order valence-electron chi connectivity index (χ0n) is 7.22. The molecule has 1 aromatic rings. The number of hydrogen-bond acceptors (Lipinski definition) is 1. The molecule has 0 N–H and O–H groups in total. The molecule has 0 saturated heterocycles. The van der Waals surface area contributed by atoms with Gasteiger partial charge < -0.3 is 4.74 Å². The van der Waals surface area contributed by atoms with Crippen LogP contribution < -0.4 is 4.74 Å². The number of hydrogen-bond donors (Lipinski definition) is 0. The predicted molar refractivity (Wildman–Crippen MR) is 46.4 cm³/mol. The van der Waals surface area contributed by atoms with Crippen molar-refractivity contribution >= 4 is 0 Å². The molecule has 0 amide bonds. The summed E-state index contributed by atoms with van der Waals surface area (Å²) in [6.07, 6.45) is 0.967. The minimum atomic E-state index is 0.913. The maximum Gasteiger partial charge on any atom is 0.142 e. The first-order valence-corrected chi connectivity index (χ1v) is 3.73. The van der Waals surface area contributed by atoms with E-state index in [4.69, 9.17) is 4.74 Å². The van der Waals surface area contributed by atoms with Gasteiger partial charge in [0.05, 0.1) is 0 Å². The summed E-state index contributed by atoms with van der Waals surface area (Å²) in [5.41, 5.74) is 1.26. The second-order valence-electron chi connectivity index (χ2n) is 2.82. The molecular formula is C10H13O. The number of benzene rings is 1. The topological polar surface area (TPSA) is 9.23 Å². The molecule has 0 aromatic heterocycles. The van der Waals surface area contributed by atoms with Crippen molar-refractivity contribution in [2.24, 2.45) is 0 Å². The van der Waals surface area contributed by atoms with E-state index < -0.39 is 0 Å². The summed E-state index contributed by atoms with van der Waals surface area (Å²) in [6.45, 7) is 5.95. The van der Waals surface area contributed by atoms with Gasteiger partial charge >= 0.3 is 0 Å². The molecule has 0 aliphatic carbocycles. The van der Waals surface area contributed by atoms with Gasteiger partial charge in [-0.1, -0.05) is 17.7 Å². The van der Waals surface area contributed by atoms with E-state index in [0.717, 1.165) is 11.9 Å². The van der Waals surface area contributed by atoms with Crippen LogP contribution in [0.25, 0.3) is 0 Å². The Morgan fingerprint density at radius 2 is 1.64 bits per heavy atom. The molecule has 0 saturated carbocycles. The van der Waals surface area contributed by atoms with Crippen molar-refractivity contribution in [2.45, 2.75) is 20.8 Å². The molecular weight excluding hydrogens is 136 g/mol. The summed E-state index contributed by atoms with van der Waals surface area (Å²) in [5, 5.41) is 0. The Hall–Kier alpha value is -0.980. The van der Waals surface area contributed by atoms with Crippen LogP contribution in [-0.4, -0.2) is 0 Å². The first kappa shape index (κ1) is 8.12. The van der Waals surface area contributed by atoms with Crippen LogP contribution >= 0.6 is 0 Å². The second-order valence-corrected chi connectivity index (χ2v) is 2.82. The Morgan fingerprint density at radius 3 is 2.09 bits per heavy atom. The number of aryl methyl sites for hydroxylation is 1. The average molecular weight is 149 g/mol. The van der Waals surface area contributed by atoms with Crippen LogP contribution in [0.15, 0.2) is 24.3 Å². The maximum atomic E-state index is 5.39. The van der Waals surface area contributed by atoms with Gasteiger partial charge in [0.2, 0.25) is 0 Å². The third-order valence-electron chi connectivity index (χ3n) is 1.34. The van der Waals surface area contributed by atoms with Gasteiger partial charge in [-0.05, 0) is 32.9 Å². The second kappa shape index (κ2) is 3.42. The van der Waals surface area contributed by atoms with Gasteiger partial charge in [-0.2, -0.15) is 0 Å². The Kier molecular flexibility index (Phi) is 2.53. The fourth-order valence-corrected chi connectivity index (χ4v) is 0.842. The number of rotatable bonds is 2. The molecule has 1 nitrogen and oxygen atoms in total. The van der Waals surface area contributed by atoms with Crippen LogP contribution in [0, 0.1) is 13.0 Å². The molecule has 1 aromatic carbocycles. The zero-order chi connectivity index (χ0) is 8.27. The smallest absolute Gasteiger partial charge is 0.142 e. The Labute approximate surface area is 68.0 Å². The van der Waals surface area contributed by atoms with Crippen LogP contribution in [0.4, 0.5) is 0 Å². The Bertz CT molecular complexity index is 211. The van der Waals surface area contributed by atoms with Gasteiger partial charge in [0.25, 0.3) is 0 Å². The fraction of sp³-hybridized carbons (Fsp3) is 0.300. The predicted octanol–water partition coefficient (Wildman–Crippen LogP) is 2.95. The monoisotopic (exact) mass is 149 g/mol. The molecule has 0 aliphatic rings. The van der Waals surface area contributed by atoms with Gasteiger partial charge in [0.1, 0.15) is 11.9 Å². The normalized spacial score (nSPS) is 10.2. The first-order valence-electron chi connectivity index (χ1n) is 3.73. The average Bonchev–Trinajstić information content (AvgIpc) is 1.93. The molecule has 0 spiro atoms. The van der Waals surface area contributed by atoms with Crippen LogP contribution in [0.1, 0.15) is 19.4 Å². The standard InChI is InChI=1S/C10H13O/c1-8(2)11-10-6-4-9(3)5-7-10/h4-7H,1-3H3.